The molecule has 164 valence electrons. The third-order valence-corrected chi connectivity index (χ3v) is 7.63. The molecule has 1 fully saturated rings. The highest BCUT2D eigenvalue weighted by Gasteiger charge is 2.29. The minimum Gasteiger partial charge on any atom is -0.493 e. The number of nitrogens with zero attached hydrogens (tertiary/aromatic N) is 4. The Morgan fingerprint density at radius 2 is 1.58 bits per heavy atom. The van der Waals surface area contributed by atoms with E-state index in [0.717, 1.165) is 4.47 Å². The molecule has 4 rings (SSSR count). The van der Waals surface area contributed by atoms with Gasteiger partial charge in [-0.25, -0.2) is 13.4 Å². The number of rotatable bonds is 5. The van der Waals surface area contributed by atoms with Crippen LogP contribution in [0.1, 0.15) is 0 Å². The summed E-state index contributed by atoms with van der Waals surface area (Å²) in [6, 6.07) is 10.1. The summed E-state index contributed by atoms with van der Waals surface area (Å²) in [6.07, 6.45) is 0. The highest BCUT2D eigenvalue weighted by Crippen LogP contribution is 2.34. The molecule has 2 N–H and O–H groups in total. The standard InChI is InChI=1S/C20H22BrN5O4S/c1-29-17-11-15-16(12-18(17)30-2)23-20(24-19(15)22)25-7-9-26(10-8-25)31(27,28)14-5-3-13(21)4-6-14/h3-6,11-12H,7-10H2,1-2H3,(H2,22,23,24). The summed E-state index contributed by atoms with van der Waals surface area (Å²) in [6.45, 7) is 1.55. The van der Waals surface area contributed by atoms with Gasteiger partial charge in [-0.2, -0.15) is 9.29 Å². The van der Waals surface area contributed by atoms with Gasteiger partial charge in [-0.1, -0.05) is 15.9 Å². The predicted molar refractivity (Wildman–Crippen MR) is 122 cm³/mol. The van der Waals surface area contributed by atoms with Crippen molar-refractivity contribution in [2.75, 3.05) is 51.0 Å². The number of hydrogen-bond donors (Lipinski definition) is 1. The molecule has 1 aromatic heterocycles. The monoisotopic (exact) mass is 507 g/mol. The zero-order chi connectivity index (χ0) is 22.2. The predicted octanol–water partition coefficient (Wildman–Crippen LogP) is 2.50. The van der Waals surface area contributed by atoms with Crippen LogP contribution in [0.25, 0.3) is 10.9 Å². The fourth-order valence-corrected chi connectivity index (χ4v) is 5.18. The topological polar surface area (TPSA) is 111 Å². The highest BCUT2D eigenvalue weighted by atomic mass is 79.9. The molecule has 2 aromatic carbocycles. The maximum Gasteiger partial charge on any atom is 0.243 e. The minimum absolute atomic E-state index is 0.274. The van der Waals surface area contributed by atoms with Crippen LogP contribution < -0.4 is 20.1 Å². The third kappa shape index (κ3) is 4.12. The Morgan fingerprint density at radius 1 is 0.968 bits per heavy atom. The van der Waals surface area contributed by atoms with Crippen LogP contribution in [-0.4, -0.2) is 63.1 Å². The molecular formula is C20H22BrN5O4S. The summed E-state index contributed by atoms with van der Waals surface area (Å²) in [4.78, 5) is 11.3. The molecule has 0 saturated carbocycles. The lowest BCUT2D eigenvalue weighted by Gasteiger charge is -2.34. The summed E-state index contributed by atoms with van der Waals surface area (Å²) in [5.74, 6) is 1.87. The number of ether oxygens (including phenoxy) is 2. The van der Waals surface area contributed by atoms with Crippen molar-refractivity contribution in [1.29, 1.82) is 0 Å². The maximum atomic E-state index is 12.9. The number of nitrogen functional groups attached to an aromatic ring is 1. The molecule has 9 nitrogen and oxygen atoms in total. The number of nitrogens with two attached hydrogens (primary N) is 1. The molecule has 0 amide bonds. The molecule has 1 aliphatic heterocycles. The first-order chi connectivity index (χ1) is 14.8. The van der Waals surface area contributed by atoms with Crippen LogP contribution in [0.3, 0.4) is 0 Å². The molecule has 0 unspecified atom stereocenters. The SMILES string of the molecule is COc1cc2nc(N3CCN(S(=O)(=O)c4ccc(Br)cc4)CC3)nc(N)c2cc1OC. The summed E-state index contributed by atoms with van der Waals surface area (Å²) >= 11 is 3.33. The van der Waals surface area contributed by atoms with Crippen LogP contribution in [0.4, 0.5) is 11.8 Å². The normalized spacial score (nSPS) is 15.3. The maximum absolute atomic E-state index is 12.9. The molecule has 0 bridgehead atoms. The molecule has 0 aliphatic carbocycles. The number of sulfonamides is 1. The molecule has 11 heteroatoms. The van der Waals surface area contributed by atoms with E-state index in [1.807, 2.05) is 4.90 Å². The molecule has 1 saturated heterocycles. The van der Waals surface area contributed by atoms with Gasteiger partial charge < -0.3 is 20.1 Å². The highest BCUT2D eigenvalue weighted by molar-refractivity contribution is 9.10. The van der Waals surface area contributed by atoms with Crippen molar-refractivity contribution in [3.8, 4) is 11.5 Å². The zero-order valence-corrected chi connectivity index (χ0v) is 19.5. The van der Waals surface area contributed by atoms with Crippen molar-refractivity contribution in [2.24, 2.45) is 0 Å². The first-order valence-electron chi connectivity index (χ1n) is 9.53. The zero-order valence-electron chi connectivity index (χ0n) is 17.1. The van der Waals surface area contributed by atoms with E-state index in [1.165, 1.54) is 4.31 Å². The van der Waals surface area contributed by atoms with Gasteiger partial charge in [-0.15, -0.1) is 0 Å². The number of benzene rings is 2. The number of anilines is 2. The van der Waals surface area contributed by atoms with E-state index in [9.17, 15) is 8.42 Å². The van der Waals surface area contributed by atoms with Crippen molar-refractivity contribution in [3.05, 3.63) is 40.9 Å². The molecule has 0 radical (unpaired) electrons. The van der Waals surface area contributed by atoms with Gasteiger partial charge in [0.1, 0.15) is 5.82 Å². The number of piperazine rings is 1. The van der Waals surface area contributed by atoms with Crippen LogP contribution in [-0.2, 0) is 10.0 Å². The second-order valence-electron chi connectivity index (χ2n) is 6.98. The van der Waals surface area contributed by atoms with Gasteiger partial charge in [0.2, 0.25) is 16.0 Å². The van der Waals surface area contributed by atoms with Crippen molar-refractivity contribution in [3.63, 3.8) is 0 Å². The van der Waals surface area contributed by atoms with Crippen molar-refractivity contribution < 1.29 is 17.9 Å². The fraction of sp³-hybridized carbons (Fsp3) is 0.300. The van der Waals surface area contributed by atoms with Gasteiger partial charge in [0.15, 0.2) is 11.5 Å². The number of fused-ring (bicyclic) bond motifs is 1. The van der Waals surface area contributed by atoms with Gasteiger partial charge in [-0.3, -0.25) is 0 Å². The van der Waals surface area contributed by atoms with Crippen molar-refractivity contribution in [2.45, 2.75) is 4.90 Å². The summed E-state index contributed by atoms with van der Waals surface area (Å²) in [5.41, 5.74) is 6.81. The Bertz CT molecular complexity index is 1210. The Labute approximate surface area is 189 Å². The minimum atomic E-state index is -3.55. The van der Waals surface area contributed by atoms with Gasteiger partial charge in [0.05, 0.1) is 24.6 Å². The second kappa shape index (κ2) is 8.48. The fourth-order valence-electron chi connectivity index (χ4n) is 3.49. The third-order valence-electron chi connectivity index (χ3n) is 5.19. The van der Waals surface area contributed by atoms with Gasteiger partial charge in [-0.05, 0) is 30.3 Å². The van der Waals surface area contributed by atoms with Crippen LogP contribution >= 0.6 is 15.9 Å². The van der Waals surface area contributed by atoms with Gasteiger partial charge >= 0.3 is 0 Å². The summed E-state index contributed by atoms with van der Waals surface area (Å²) < 4.78 is 38.8. The lowest BCUT2D eigenvalue weighted by Crippen LogP contribution is -2.49. The summed E-state index contributed by atoms with van der Waals surface area (Å²) in [7, 11) is -0.446. The molecule has 31 heavy (non-hydrogen) atoms. The lowest BCUT2D eigenvalue weighted by molar-refractivity contribution is 0.356. The van der Waals surface area contributed by atoms with Crippen molar-refractivity contribution in [1.82, 2.24) is 14.3 Å². The van der Waals surface area contributed by atoms with E-state index in [0.29, 0.717) is 60.3 Å². The van der Waals surface area contributed by atoms with Gasteiger partial charge in [0, 0.05) is 42.1 Å². The lowest BCUT2D eigenvalue weighted by atomic mass is 10.2. The van der Waals surface area contributed by atoms with Crippen LogP contribution in [0.5, 0.6) is 11.5 Å². The molecule has 2 heterocycles. The summed E-state index contributed by atoms with van der Waals surface area (Å²) in [5, 5.41) is 0.665. The van der Waals surface area contributed by atoms with E-state index >= 15 is 0 Å². The molecular weight excluding hydrogens is 486 g/mol. The number of halogens is 1. The average Bonchev–Trinajstić information content (AvgIpc) is 2.78. The second-order valence-corrected chi connectivity index (χ2v) is 9.83. The van der Waals surface area contributed by atoms with Crippen LogP contribution in [0.2, 0.25) is 0 Å². The first kappa shape index (κ1) is 21.6. The Hall–Kier alpha value is -2.63. The number of hydrogen-bond acceptors (Lipinski definition) is 8. The quantitative estimate of drug-likeness (QED) is 0.560. The Balaban J connectivity index is 1.56. The molecule has 0 spiro atoms. The largest absolute Gasteiger partial charge is 0.493 e. The molecule has 3 aromatic rings. The van der Waals surface area contributed by atoms with E-state index in [4.69, 9.17) is 15.2 Å². The van der Waals surface area contributed by atoms with Crippen LogP contribution in [0, 0.1) is 0 Å². The Kier molecular flexibility index (Phi) is 5.91. The Morgan fingerprint density at radius 3 is 2.19 bits per heavy atom. The van der Waals surface area contributed by atoms with Crippen molar-refractivity contribution >= 4 is 48.6 Å². The van der Waals surface area contributed by atoms with Crippen LogP contribution in [0.15, 0.2) is 45.8 Å². The van der Waals surface area contributed by atoms with E-state index in [-0.39, 0.29) is 4.90 Å². The number of methoxy groups -OCH3 is 2. The first-order valence-corrected chi connectivity index (χ1v) is 11.8. The number of aromatic nitrogens is 2. The van der Waals surface area contributed by atoms with E-state index < -0.39 is 10.0 Å². The molecule has 1 aliphatic rings. The van der Waals surface area contributed by atoms with E-state index in [2.05, 4.69) is 25.9 Å². The van der Waals surface area contributed by atoms with E-state index in [1.54, 1.807) is 50.6 Å². The smallest absolute Gasteiger partial charge is 0.243 e. The molecule has 0 atom stereocenters. The average molecular weight is 508 g/mol. The van der Waals surface area contributed by atoms with Gasteiger partial charge in [0.25, 0.3) is 0 Å².